The molecule has 0 aliphatic carbocycles. The molecule has 1 amide bonds. The van der Waals surface area contributed by atoms with Crippen LogP contribution in [0.15, 0.2) is 30.3 Å². The topological polar surface area (TPSA) is 75.9 Å². The van der Waals surface area contributed by atoms with Crippen LogP contribution in [0.3, 0.4) is 0 Å². The van der Waals surface area contributed by atoms with Crippen molar-refractivity contribution in [3.8, 4) is 5.75 Å². The van der Waals surface area contributed by atoms with Crippen molar-refractivity contribution in [1.82, 2.24) is 4.90 Å². The van der Waals surface area contributed by atoms with Crippen LogP contribution in [0, 0.1) is 10.1 Å². The fourth-order valence-electron chi connectivity index (χ4n) is 3.16. The number of amides is 1. The zero-order chi connectivity index (χ0) is 20.4. The standard InChI is InChI=1S/C18H16Cl3N3O4/c1-28-17-13(20)9-11(10-14(17)21)18(25)23-7-5-22(6-8-23)16-12(19)3-2-4-15(16)24(26)27/h2-4,9-10H,5-8H2,1H3. The number of carbonyl (C=O) groups is 1. The van der Waals surface area contributed by atoms with Crippen molar-refractivity contribution in [3.63, 3.8) is 0 Å². The number of rotatable bonds is 4. The molecule has 1 aliphatic rings. The molecule has 0 unspecified atom stereocenters. The third kappa shape index (κ3) is 3.97. The highest BCUT2D eigenvalue weighted by Gasteiger charge is 2.28. The fourth-order valence-corrected chi connectivity index (χ4v) is 4.09. The lowest BCUT2D eigenvalue weighted by molar-refractivity contribution is -0.384. The Labute approximate surface area is 176 Å². The second-order valence-corrected chi connectivity index (χ2v) is 7.34. The van der Waals surface area contributed by atoms with Crippen molar-refractivity contribution in [2.75, 3.05) is 38.2 Å². The van der Waals surface area contributed by atoms with Gasteiger partial charge in [0.1, 0.15) is 5.69 Å². The summed E-state index contributed by atoms with van der Waals surface area (Å²) in [5.41, 5.74) is 0.672. The lowest BCUT2D eigenvalue weighted by Gasteiger charge is -2.36. The molecule has 0 radical (unpaired) electrons. The van der Waals surface area contributed by atoms with E-state index >= 15 is 0 Å². The van der Waals surface area contributed by atoms with Gasteiger partial charge >= 0.3 is 0 Å². The molecule has 1 saturated heterocycles. The molecule has 0 bridgehead atoms. The molecular weight excluding hydrogens is 429 g/mol. The first-order valence-electron chi connectivity index (χ1n) is 8.33. The van der Waals surface area contributed by atoms with Gasteiger partial charge in [-0.2, -0.15) is 0 Å². The molecule has 0 saturated carbocycles. The van der Waals surface area contributed by atoms with Crippen LogP contribution in [-0.2, 0) is 0 Å². The zero-order valence-electron chi connectivity index (χ0n) is 14.8. The number of para-hydroxylation sites is 1. The smallest absolute Gasteiger partial charge is 0.294 e. The lowest BCUT2D eigenvalue weighted by atomic mass is 10.1. The van der Waals surface area contributed by atoms with Crippen LogP contribution < -0.4 is 9.64 Å². The molecule has 0 spiro atoms. The van der Waals surface area contributed by atoms with Gasteiger partial charge in [-0.05, 0) is 18.2 Å². The molecule has 0 aromatic heterocycles. The largest absolute Gasteiger partial charge is 0.494 e. The summed E-state index contributed by atoms with van der Waals surface area (Å²) in [6.45, 7) is 1.58. The van der Waals surface area contributed by atoms with Gasteiger partial charge < -0.3 is 14.5 Å². The van der Waals surface area contributed by atoms with Crippen LogP contribution in [0.1, 0.15) is 10.4 Å². The Morgan fingerprint density at radius 1 is 1.07 bits per heavy atom. The van der Waals surface area contributed by atoms with E-state index in [9.17, 15) is 14.9 Å². The Bertz CT molecular complexity index is 907. The maximum Gasteiger partial charge on any atom is 0.294 e. The Hall–Kier alpha value is -2.22. The van der Waals surface area contributed by atoms with Crippen molar-refractivity contribution >= 4 is 52.1 Å². The van der Waals surface area contributed by atoms with E-state index in [1.807, 2.05) is 4.90 Å². The molecule has 2 aromatic rings. The number of piperazine rings is 1. The van der Waals surface area contributed by atoms with Crippen LogP contribution in [0.25, 0.3) is 0 Å². The second-order valence-electron chi connectivity index (χ2n) is 6.12. The van der Waals surface area contributed by atoms with Crippen LogP contribution in [0.4, 0.5) is 11.4 Å². The Morgan fingerprint density at radius 3 is 2.21 bits per heavy atom. The van der Waals surface area contributed by atoms with E-state index < -0.39 is 4.92 Å². The SMILES string of the molecule is COc1c(Cl)cc(C(=O)N2CCN(c3c(Cl)cccc3[N+](=O)[O-])CC2)cc1Cl. The minimum Gasteiger partial charge on any atom is -0.494 e. The highest BCUT2D eigenvalue weighted by Crippen LogP contribution is 2.37. The quantitative estimate of drug-likeness (QED) is 0.512. The predicted octanol–water partition coefficient (Wildman–Crippen LogP) is 4.53. The summed E-state index contributed by atoms with van der Waals surface area (Å²) in [4.78, 5) is 27.1. The molecule has 1 heterocycles. The Kier molecular flexibility index (Phi) is 6.17. The predicted molar refractivity (Wildman–Crippen MR) is 109 cm³/mol. The normalized spacial score (nSPS) is 14.1. The lowest BCUT2D eigenvalue weighted by Crippen LogP contribution is -2.49. The fraction of sp³-hybridized carbons (Fsp3) is 0.278. The summed E-state index contributed by atoms with van der Waals surface area (Å²) in [6.07, 6.45) is 0. The van der Waals surface area contributed by atoms with E-state index in [1.165, 1.54) is 25.3 Å². The summed E-state index contributed by atoms with van der Waals surface area (Å²) in [5.74, 6) is 0.0930. The van der Waals surface area contributed by atoms with E-state index in [0.29, 0.717) is 48.2 Å². The minimum absolute atomic E-state index is 0.0546. The first-order valence-corrected chi connectivity index (χ1v) is 9.47. The second kappa shape index (κ2) is 8.43. The molecule has 0 atom stereocenters. The number of nitro groups is 1. The summed E-state index contributed by atoms with van der Waals surface area (Å²) < 4.78 is 5.10. The average Bonchev–Trinajstić information content (AvgIpc) is 2.67. The third-order valence-corrected chi connectivity index (χ3v) is 5.36. The maximum atomic E-state index is 12.8. The van der Waals surface area contributed by atoms with Gasteiger partial charge in [-0.1, -0.05) is 40.9 Å². The molecule has 10 heteroatoms. The summed E-state index contributed by atoms with van der Waals surface area (Å²) in [7, 11) is 1.45. The number of benzene rings is 2. The Balaban J connectivity index is 1.76. The van der Waals surface area contributed by atoms with Gasteiger partial charge in [0.2, 0.25) is 0 Å². The number of hydrogen-bond acceptors (Lipinski definition) is 5. The molecule has 7 nitrogen and oxygen atoms in total. The maximum absolute atomic E-state index is 12.8. The first-order chi connectivity index (χ1) is 13.3. The minimum atomic E-state index is -0.458. The highest BCUT2D eigenvalue weighted by molar-refractivity contribution is 6.37. The van der Waals surface area contributed by atoms with Crippen LogP contribution in [0.2, 0.25) is 15.1 Å². The molecule has 148 valence electrons. The van der Waals surface area contributed by atoms with E-state index in [0.717, 1.165) is 0 Å². The molecule has 3 rings (SSSR count). The van der Waals surface area contributed by atoms with E-state index in [-0.39, 0.29) is 21.6 Å². The molecule has 1 aliphatic heterocycles. The van der Waals surface area contributed by atoms with Gasteiger partial charge in [0.05, 0.1) is 27.1 Å². The van der Waals surface area contributed by atoms with Gasteiger partial charge in [0, 0.05) is 37.8 Å². The number of hydrogen-bond donors (Lipinski definition) is 0. The summed E-state index contributed by atoms with van der Waals surface area (Å²) in [5, 5.41) is 12.1. The monoisotopic (exact) mass is 443 g/mol. The number of carbonyl (C=O) groups excluding carboxylic acids is 1. The van der Waals surface area contributed by atoms with Gasteiger partial charge in [0.25, 0.3) is 11.6 Å². The highest BCUT2D eigenvalue weighted by atomic mass is 35.5. The third-order valence-electron chi connectivity index (χ3n) is 4.49. The molecule has 2 aromatic carbocycles. The van der Waals surface area contributed by atoms with Crippen molar-refractivity contribution < 1.29 is 14.5 Å². The zero-order valence-corrected chi connectivity index (χ0v) is 17.1. The van der Waals surface area contributed by atoms with Crippen LogP contribution in [-0.4, -0.2) is 49.0 Å². The van der Waals surface area contributed by atoms with Crippen LogP contribution in [0.5, 0.6) is 5.75 Å². The van der Waals surface area contributed by atoms with E-state index in [4.69, 9.17) is 39.5 Å². The van der Waals surface area contributed by atoms with Gasteiger partial charge in [0.15, 0.2) is 5.75 Å². The number of nitrogens with zero attached hydrogens (tertiary/aromatic N) is 3. The van der Waals surface area contributed by atoms with Crippen molar-refractivity contribution in [2.24, 2.45) is 0 Å². The molecule has 28 heavy (non-hydrogen) atoms. The van der Waals surface area contributed by atoms with Crippen LogP contribution >= 0.6 is 34.8 Å². The summed E-state index contributed by atoms with van der Waals surface area (Å²) in [6, 6.07) is 7.60. The number of halogens is 3. The molecule has 0 N–H and O–H groups in total. The number of nitro benzene ring substituents is 1. The van der Waals surface area contributed by atoms with Gasteiger partial charge in [-0.3, -0.25) is 14.9 Å². The number of methoxy groups -OCH3 is 1. The summed E-state index contributed by atoms with van der Waals surface area (Å²) >= 11 is 18.4. The molecular formula is C18H16Cl3N3O4. The van der Waals surface area contributed by atoms with Crippen molar-refractivity contribution in [2.45, 2.75) is 0 Å². The van der Waals surface area contributed by atoms with Gasteiger partial charge in [-0.25, -0.2) is 0 Å². The average molecular weight is 445 g/mol. The molecule has 1 fully saturated rings. The first kappa shape index (κ1) is 20.5. The van der Waals surface area contributed by atoms with Gasteiger partial charge in [-0.15, -0.1) is 0 Å². The van der Waals surface area contributed by atoms with Crippen molar-refractivity contribution in [3.05, 3.63) is 61.1 Å². The van der Waals surface area contributed by atoms with Crippen molar-refractivity contribution in [1.29, 1.82) is 0 Å². The number of anilines is 1. The Morgan fingerprint density at radius 2 is 1.68 bits per heavy atom. The van der Waals surface area contributed by atoms with E-state index in [2.05, 4.69) is 0 Å². The number of ether oxygens (including phenoxy) is 1. The van der Waals surface area contributed by atoms with E-state index in [1.54, 1.807) is 17.0 Å².